The van der Waals surface area contributed by atoms with E-state index in [0.717, 1.165) is 32.3 Å². The van der Waals surface area contributed by atoms with Crippen molar-refractivity contribution in [2.24, 2.45) is 0 Å². The second-order valence-corrected chi connectivity index (χ2v) is 5.74. The van der Waals surface area contributed by atoms with Gasteiger partial charge < -0.3 is 10.1 Å². The number of rotatable bonds is 4. The fraction of sp³-hybridized carbons (Fsp3) is 0.643. The molecule has 1 fully saturated rings. The lowest BCUT2D eigenvalue weighted by molar-refractivity contribution is -0.138. The van der Waals surface area contributed by atoms with Crippen LogP contribution in [0.5, 0.6) is 0 Å². The van der Waals surface area contributed by atoms with E-state index in [-0.39, 0.29) is 5.60 Å². The molecule has 1 saturated heterocycles. The molecular weight excluding hydrogens is 272 g/mol. The van der Waals surface area contributed by atoms with Gasteiger partial charge in [-0.1, -0.05) is 0 Å². The van der Waals surface area contributed by atoms with E-state index < -0.39 is 0 Å². The summed E-state index contributed by atoms with van der Waals surface area (Å²) in [6.07, 6.45) is 7.98. The Balaban J connectivity index is 0.000000270. The monoisotopic (exact) mass is 296 g/mol. The van der Waals surface area contributed by atoms with E-state index in [1.165, 1.54) is 0 Å². The minimum Gasteiger partial charge on any atom is -0.462 e. The first-order chi connectivity index (χ1) is 9.98. The third kappa shape index (κ3) is 6.40. The van der Waals surface area contributed by atoms with E-state index in [0.29, 0.717) is 12.5 Å². The highest BCUT2D eigenvalue weighted by atomic mass is 16.5. The minimum atomic E-state index is -0.318. The first-order valence-electron chi connectivity index (χ1n) is 7.02. The molecule has 1 aliphatic rings. The summed E-state index contributed by atoms with van der Waals surface area (Å²) in [4.78, 5) is 24.5. The van der Waals surface area contributed by atoms with Gasteiger partial charge >= 0.3 is 0 Å². The highest BCUT2D eigenvalue weighted by Crippen LogP contribution is 2.08. The van der Waals surface area contributed by atoms with Gasteiger partial charge in [-0.25, -0.2) is 14.7 Å². The number of nitrogens with zero attached hydrogens (tertiary/aromatic N) is 3. The fourth-order valence-corrected chi connectivity index (χ4v) is 1.93. The van der Waals surface area contributed by atoms with E-state index in [2.05, 4.69) is 15.0 Å². The van der Waals surface area contributed by atoms with Crippen LogP contribution < -0.4 is 10.3 Å². The second-order valence-electron chi connectivity index (χ2n) is 5.74. The average Bonchev–Trinajstić information content (AvgIpc) is 2.94. The first-order valence-corrected chi connectivity index (χ1v) is 7.02. The van der Waals surface area contributed by atoms with Crippen molar-refractivity contribution >= 4 is 12.9 Å². The average molecular weight is 296 g/mol. The Kier molecular flexibility index (Phi) is 6.87. The van der Waals surface area contributed by atoms with Gasteiger partial charge in [0.25, 0.3) is 6.47 Å². The number of nitrogens with one attached hydrogen (secondary N) is 1. The maximum Gasteiger partial charge on any atom is 0.293 e. The minimum absolute atomic E-state index is 0.294. The van der Waals surface area contributed by atoms with E-state index in [4.69, 9.17) is 0 Å². The van der Waals surface area contributed by atoms with Crippen molar-refractivity contribution in [2.45, 2.75) is 45.3 Å². The zero-order valence-electron chi connectivity index (χ0n) is 12.9. The van der Waals surface area contributed by atoms with Crippen LogP contribution in [-0.2, 0) is 14.3 Å². The molecule has 1 N–H and O–H groups in total. The van der Waals surface area contributed by atoms with Crippen molar-refractivity contribution in [3.8, 4) is 0 Å². The maximum absolute atomic E-state index is 11.0. The van der Waals surface area contributed by atoms with Crippen molar-refractivity contribution in [2.75, 3.05) is 18.1 Å². The molecule has 0 bridgehead atoms. The zero-order chi connectivity index (χ0) is 15.7. The van der Waals surface area contributed by atoms with Crippen LogP contribution in [0.4, 0.5) is 0 Å². The number of ether oxygens (including phenoxy) is 1. The lowest BCUT2D eigenvalue weighted by atomic mass is 10.1. The smallest absolute Gasteiger partial charge is 0.293 e. The molecule has 7 nitrogen and oxygen atoms in total. The summed E-state index contributed by atoms with van der Waals surface area (Å²) >= 11 is 0. The summed E-state index contributed by atoms with van der Waals surface area (Å²) in [5.74, 6) is 0. The van der Waals surface area contributed by atoms with Gasteiger partial charge in [0.2, 0.25) is 6.41 Å². The molecule has 0 spiro atoms. The molecule has 0 atom stereocenters. The van der Waals surface area contributed by atoms with Gasteiger partial charge in [0.1, 0.15) is 11.9 Å². The van der Waals surface area contributed by atoms with Crippen LogP contribution in [0.3, 0.4) is 0 Å². The fourth-order valence-electron chi connectivity index (χ4n) is 1.93. The molecule has 0 radical (unpaired) electrons. The van der Waals surface area contributed by atoms with E-state index >= 15 is 0 Å². The molecule has 1 aromatic heterocycles. The summed E-state index contributed by atoms with van der Waals surface area (Å²) in [5, 5.41) is 4.97. The normalized spacial score (nSPS) is 15.6. The third-order valence-corrected chi connectivity index (χ3v) is 2.95. The van der Waals surface area contributed by atoms with E-state index in [1.54, 1.807) is 28.4 Å². The van der Waals surface area contributed by atoms with Crippen LogP contribution >= 0.6 is 0 Å². The Hall–Kier alpha value is -1.89. The Labute approximate surface area is 125 Å². The number of piperidine rings is 1. The topological polar surface area (TPSA) is 76.5 Å². The number of imidazole rings is 1. The Morgan fingerprint density at radius 1 is 1.33 bits per heavy atom. The number of hydrogen-bond acceptors (Lipinski definition) is 5. The summed E-state index contributed by atoms with van der Waals surface area (Å²) < 4.78 is 6.29. The van der Waals surface area contributed by atoms with Crippen LogP contribution in [-0.4, -0.2) is 47.3 Å². The van der Waals surface area contributed by atoms with Crippen molar-refractivity contribution in [1.82, 2.24) is 15.0 Å². The van der Waals surface area contributed by atoms with Crippen molar-refractivity contribution in [1.29, 1.82) is 0 Å². The molecule has 1 aliphatic heterocycles. The first kappa shape index (κ1) is 17.2. The van der Waals surface area contributed by atoms with Crippen molar-refractivity contribution < 1.29 is 14.3 Å². The maximum atomic E-state index is 11.0. The molecule has 2 rings (SSSR count). The molecule has 21 heavy (non-hydrogen) atoms. The highest BCUT2D eigenvalue weighted by molar-refractivity contribution is 5.61. The second kappa shape index (κ2) is 8.41. The van der Waals surface area contributed by atoms with Crippen LogP contribution in [0.2, 0.25) is 0 Å². The molecule has 0 saturated carbocycles. The van der Waals surface area contributed by atoms with Crippen molar-refractivity contribution in [3.63, 3.8) is 0 Å². The van der Waals surface area contributed by atoms with Gasteiger partial charge in [-0.2, -0.15) is 0 Å². The van der Waals surface area contributed by atoms with Gasteiger partial charge in [0.05, 0.1) is 6.04 Å². The van der Waals surface area contributed by atoms with Crippen LogP contribution in [0.15, 0.2) is 18.7 Å². The third-order valence-electron chi connectivity index (χ3n) is 2.95. The van der Waals surface area contributed by atoms with Gasteiger partial charge in [0.15, 0.2) is 0 Å². The Morgan fingerprint density at radius 3 is 2.38 bits per heavy atom. The van der Waals surface area contributed by atoms with Gasteiger partial charge in [0, 0.05) is 12.4 Å². The molecular formula is C14H24N4O3. The lowest BCUT2D eigenvalue weighted by Crippen LogP contribution is -2.47. The van der Waals surface area contributed by atoms with Gasteiger partial charge in [-0.05, 0) is 46.7 Å². The van der Waals surface area contributed by atoms with E-state index in [1.807, 2.05) is 20.8 Å². The number of carbonyl (C=O) groups is 2. The number of amides is 1. The molecule has 0 unspecified atom stereocenters. The lowest BCUT2D eigenvalue weighted by Gasteiger charge is -2.31. The summed E-state index contributed by atoms with van der Waals surface area (Å²) in [6, 6.07) is 0.294. The largest absolute Gasteiger partial charge is 0.462 e. The predicted molar refractivity (Wildman–Crippen MR) is 79.3 cm³/mol. The Morgan fingerprint density at radius 2 is 2.00 bits per heavy atom. The van der Waals surface area contributed by atoms with Gasteiger partial charge in [-0.3, -0.25) is 9.59 Å². The molecule has 7 heteroatoms. The number of carbonyl (C=O) groups excluding carboxylic acids is 2. The standard InChI is InChI=1S/C9H14N4O.C5H10O2/c14-8-13(12-6-5-11-7-12)9-1-3-10-4-2-9;1-5(2,3)7-4-6/h5-10H,1-4H2;4H,1-3H3. The van der Waals surface area contributed by atoms with Crippen LogP contribution in [0, 0.1) is 0 Å². The SMILES string of the molecule is CC(C)(C)OC=O.O=CN(C1CCNCC1)n1ccnc1. The van der Waals surface area contributed by atoms with Crippen LogP contribution in [0.25, 0.3) is 0 Å². The molecule has 118 valence electrons. The Bertz CT molecular complexity index is 408. The molecule has 0 aliphatic carbocycles. The molecule has 1 amide bonds. The number of aromatic nitrogens is 2. The molecule has 2 heterocycles. The van der Waals surface area contributed by atoms with Crippen LogP contribution in [0.1, 0.15) is 33.6 Å². The quantitative estimate of drug-likeness (QED) is 0.827. The predicted octanol–water partition coefficient (Wildman–Crippen LogP) is 0.687. The van der Waals surface area contributed by atoms with Gasteiger partial charge in [-0.15, -0.1) is 0 Å². The summed E-state index contributed by atoms with van der Waals surface area (Å²) in [7, 11) is 0. The molecule has 0 aromatic carbocycles. The summed E-state index contributed by atoms with van der Waals surface area (Å²) in [6.45, 7) is 7.87. The summed E-state index contributed by atoms with van der Waals surface area (Å²) in [5.41, 5.74) is -0.318. The number of hydrogen-bond donors (Lipinski definition) is 1. The van der Waals surface area contributed by atoms with Crippen molar-refractivity contribution in [3.05, 3.63) is 18.7 Å². The molecule has 1 aromatic rings. The highest BCUT2D eigenvalue weighted by Gasteiger charge is 2.20. The zero-order valence-corrected chi connectivity index (χ0v) is 12.9. The van der Waals surface area contributed by atoms with E-state index in [9.17, 15) is 9.59 Å².